The first kappa shape index (κ1) is 52.2. The summed E-state index contributed by atoms with van der Waals surface area (Å²) in [5, 5.41) is 24.0. The Morgan fingerprint density at radius 1 is 0.662 bits per heavy atom. The van der Waals surface area contributed by atoms with Crippen molar-refractivity contribution in [1.29, 1.82) is 0 Å². The van der Waals surface area contributed by atoms with Gasteiger partial charge in [0.2, 0.25) is 5.43 Å². The molecule has 2 N–H and O–H groups in total. The fraction of sp³-hybridized carbons (Fsp3) is 0.333. The van der Waals surface area contributed by atoms with E-state index in [0.29, 0.717) is 58.9 Å². The van der Waals surface area contributed by atoms with Crippen LogP contribution in [0.3, 0.4) is 0 Å². The molecule has 2 atom stereocenters. The number of ether oxygens (including phenoxy) is 2. The van der Waals surface area contributed by atoms with Crippen LogP contribution in [0.25, 0.3) is 43.4 Å². The van der Waals surface area contributed by atoms with E-state index in [-0.39, 0.29) is 21.4 Å². The van der Waals surface area contributed by atoms with Gasteiger partial charge in [-0.25, -0.2) is 9.97 Å². The second-order valence-electron chi connectivity index (χ2n) is 20.0. The van der Waals surface area contributed by atoms with E-state index in [4.69, 9.17) is 21.1 Å². The molecule has 2 unspecified atom stereocenters. The Bertz CT molecular complexity index is 3520. The van der Waals surface area contributed by atoms with Crippen molar-refractivity contribution in [1.82, 2.24) is 29.1 Å². The molecule has 0 saturated carbocycles. The molecule has 8 heterocycles. The highest BCUT2D eigenvalue weighted by molar-refractivity contribution is 7.17. The van der Waals surface area contributed by atoms with E-state index in [1.54, 1.807) is 76.1 Å². The summed E-state index contributed by atoms with van der Waals surface area (Å²) in [6, 6.07) is 15.5. The third kappa shape index (κ3) is 10.1. The van der Waals surface area contributed by atoms with Gasteiger partial charge >= 0.3 is 12.4 Å². The molecule has 0 bridgehead atoms. The van der Waals surface area contributed by atoms with Crippen LogP contribution < -0.4 is 20.3 Å². The summed E-state index contributed by atoms with van der Waals surface area (Å²) >= 11 is 7.22. The number of aliphatic hydroxyl groups is 2. The average Bonchev–Trinajstić information content (AvgIpc) is 4.16. The lowest BCUT2D eigenvalue weighted by Gasteiger charge is -2.39. The fourth-order valence-electron chi connectivity index (χ4n) is 10.1. The van der Waals surface area contributed by atoms with Crippen molar-refractivity contribution >= 4 is 44.1 Å². The van der Waals surface area contributed by atoms with Gasteiger partial charge in [-0.05, 0) is 93.8 Å². The zero-order chi connectivity index (χ0) is 53.0. The monoisotopic (exact) mass is 1060 g/mol. The van der Waals surface area contributed by atoms with E-state index >= 15 is 0 Å². The Labute approximate surface area is 428 Å². The standard InChI is InChI=1S/C28H25ClF3N3O3.C26H24F3N3O3S/c1-26(2,21-11-19(18-4-3-7-33-12-18)10-17-6-9-38-25(17)21)15-27(37,28(30,31)32)16-35-14-22(29)24(36)20-13-34-8-5-23(20)35;1-24(2,19-10-17(18-11-30-15-31-12-18)9-16-4-7-35-22(16)19)13-25(34,26(27,28)29)14-32-6-3-21(33)23-20(32)5-8-36-23/h3-5,7-8,10-14,37H,6,9,15-16H2,1-2H3;3,5-6,8-12,15,34H,4,7,13-14H2,1-2H3. The molecule has 2 aliphatic rings. The lowest BCUT2D eigenvalue weighted by Crippen LogP contribution is -2.52. The minimum absolute atomic E-state index is 0.0687. The van der Waals surface area contributed by atoms with Crippen LogP contribution in [0.15, 0.2) is 125 Å². The topological polar surface area (TPSA) is 154 Å². The van der Waals surface area contributed by atoms with Gasteiger partial charge in [-0.1, -0.05) is 45.4 Å². The van der Waals surface area contributed by atoms with Gasteiger partial charge in [0, 0.05) is 90.7 Å². The van der Waals surface area contributed by atoms with Crippen LogP contribution in [0.5, 0.6) is 11.5 Å². The SMILES string of the molecule is CC(C)(CC(O)(Cn1cc(Cl)c(=O)c2cnccc21)C(F)(F)F)c1cc(-c2cccnc2)cc2c1OCC2.CC(C)(CC(O)(Cn1ccc(=O)c2sccc21)C(F)(F)F)c1cc(-c2cncnc2)cc2c1OCC2. The molecule has 12 nitrogen and oxygen atoms in total. The molecule has 0 spiro atoms. The maximum Gasteiger partial charge on any atom is 0.418 e. The molecule has 386 valence electrons. The van der Waals surface area contributed by atoms with Crippen molar-refractivity contribution in [2.24, 2.45) is 0 Å². The van der Waals surface area contributed by atoms with E-state index in [1.807, 2.05) is 24.3 Å². The highest BCUT2D eigenvalue weighted by Gasteiger charge is 2.58. The molecule has 0 amide bonds. The van der Waals surface area contributed by atoms with E-state index in [0.717, 1.165) is 55.5 Å². The molecule has 2 aromatic carbocycles. The number of rotatable bonds is 12. The Morgan fingerprint density at radius 2 is 1.22 bits per heavy atom. The quantitative estimate of drug-likeness (QED) is 0.113. The fourth-order valence-corrected chi connectivity index (χ4v) is 11.2. The van der Waals surface area contributed by atoms with Crippen LogP contribution in [-0.2, 0) is 36.8 Å². The number of halogens is 7. The van der Waals surface area contributed by atoms with Crippen molar-refractivity contribution in [2.45, 2.75) is 101 Å². The van der Waals surface area contributed by atoms with E-state index in [1.165, 1.54) is 41.6 Å². The first-order valence-corrected chi connectivity index (χ1v) is 24.7. The predicted molar refractivity (Wildman–Crippen MR) is 270 cm³/mol. The molecule has 6 aromatic heterocycles. The molecule has 0 saturated heterocycles. The van der Waals surface area contributed by atoms with Gasteiger partial charge in [0.05, 0.1) is 47.4 Å². The molecule has 74 heavy (non-hydrogen) atoms. The van der Waals surface area contributed by atoms with Crippen LogP contribution in [0.2, 0.25) is 5.02 Å². The first-order chi connectivity index (χ1) is 34.9. The van der Waals surface area contributed by atoms with Gasteiger partial charge in [0.15, 0.2) is 16.6 Å². The number of fused-ring (bicyclic) bond motifs is 4. The molecule has 0 fully saturated rings. The minimum atomic E-state index is -5.00. The molecular weight excluding hydrogens is 1010 g/mol. The second-order valence-corrected chi connectivity index (χ2v) is 21.4. The molecular formula is C54H49ClF6N6O6S. The Balaban J connectivity index is 0.000000182. The predicted octanol–water partition coefficient (Wildman–Crippen LogP) is 10.8. The van der Waals surface area contributed by atoms with Crippen LogP contribution in [0, 0.1) is 0 Å². The number of nitrogens with zero attached hydrogens (tertiary/aromatic N) is 6. The van der Waals surface area contributed by atoms with Crippen molar-refractivity contribution < 1.29 is 46.0 Å². The van der Waals surface area contributed by atoms with Crippen LogP contribution in [-0.4, -0.2) is 76.1 Å². The summed E-state index contributed by atoms with van der Waals surface area (Å²) in [6.45, 7) is 5.92. The average molecular weight is 1060 g/mol. The van der Waals surface area contributed by atoms with Crippen LogP contribution in [0.1, 0.15) is 62.8 Å². The Morgan fingerprint density at radius 3 is 1.78 bits per heavy atom. The zero-order valence-electron chi connectivity index (χ0n) is 40.4. The van der Waals surface area contributed by atoms with Crippen molar-refractivity contribution in [3.8, 4) is 33.8 Å². The number of hydrogen-bond acceptors (Lipinski definition) is 11. The summed E-state index contributed by atoms with van der Waals surface area (Å²) in [4.78, 5) is 40.7. The summed E-state index contributed by atoms with van der Waals surface area (Å²) in [7, 11) is 0. The lowest BCUT2D eigenvalue weighted by molar-refractivity contribution is -0.271. The van der Waals surface area contributed by atoms with E-state index < -0.39 is 65.7 Å². The van der Waals surface area contributed by atoms with Gasteiger partial charge in [0.1, 0.15) is 22.8 Å². The molecule has 8 aromatic rings. The van der Waals surface area contributed by atoms with Crippen LogP contribution in [0.4, 0.5) is 26.3 Å². The van der Waals surface area contributed by atoms with E-state index in [2.05, 4.69) is 19.9 Å². The molecule has 0 radical (unpaired) electrons. The summed E-state index contributed by atoms with van der Waals surface area (Å²) in [5.41, 5.74) is -2.68. The van der Waals surface area contributed by atoms with Gasteiger partial charge in [-0.2, -0.15) is 26.3 Å². The molecule has 0 aliphatic carbocycles. The number of hydrogen-bond donors (Lipinski definition) is 2. The highest BCUT2D eigenvalue weighted by Crippen LogP contribution is 2.50. The third-order valence-corrected chi connectivity index (χ3v) is 14.9. The van der Waals surface area contributed by atoms with Gasteiger partial charge in [-0.3, -0.25) is 19.6 Å². The smallest absolute Gasteiger partial charge is 0.418 e. The molecule has 10 rings (SSSR count). The molecule has 20 heteroatoms. The maximum atomic E-state index is 14.6. The Hall–Kier alpha value is -6.67. The molecule has 2 aliphatic heterocycles. The van der Waals surface area contributed by atoms with Crippen LogP contribution >= 0.6 is 22.9 Å². The summed E-state index contributed by atoms with van der Waals surface area (Å²) in [5.74, 6) is 1.11. The van der Waals surface area contributed by atoms with E-state index in [9.17, 15) is 46.1 Å². The second kappa shape index (κ2) is 19.6. The number of aromatic nitrogens is 6. The van der Waals surface area contributed by atoms with Gasteiger partial charge in [-0.15, -0.1) is 11.3 Å². The third-order valence-electron chi connectivity index (χ3n) is 13.7. The number of benzene rings is 2. The van der Waals surface area contributed by atoms with Gasteiger partial charge in [0.25, 0.3) is 0 Å². The van der Waals surface area contributed by atoms with Crippen molar-refractivity contribution in [3.63, 3.8) is 0 Å². The Kier molecular flexibility index (Phi) is 13.8. The number of thiophene rings is 1. The first-order valence-electron chi connectivity index (χ1n) is 23.4. The zero-order valence-corrected chi connectivity index (χ0v) is 42.0. The largest absolute Gasteiger partial charge is 0.493 e. The number of pyridine rings is 4. The maximum absolute atomic E-state index is 14.6. The van der Waals surface area contributed by atoms with Crippen molar-refractivity contribution in [3.05, 3.63) is 164 Å². The van der Waals surface area contributed by atoms with Gasteiger partial charge < -0.3 is 28.8 Å². The normalized spacial score (nSPS) is 15.4. The minimum Gasteiger partial charge on any atom is -0.493 e. The number of alkyl halides is 6. The van der Waals surface area contributed by atoms with Crippen molar-refractivity contribution in [2.75, 3.05) is 13.2 Å². The highest BCUT2D eigenvalue weighted by atomic mass is 35.5. The lowest BCUT2D eigenvalue weighted by atomic mass is 9.73. The summed E-state index contributed by atoms with van der Waals surface area (Å²) in [6.07, 6.45) is 3.15. The summed E-state index contributed by atoms with van der Waals surface area (Å²) < 4.78 is 102.